The molecule has 1 fully saturated rings. The van der Waals surface area contributed by atoms with Crippen LogP contribution < -0.4 is 48.7 Å². The fourth-order valence-electron chi connectivity index (χ4n) is 15.2. The Kier molecular flexibility index (Phi) is 40.5. The highest BCUT2D eigenvalue weighted by Gasteiger charge is 2.46. The van der Waals surface area contributed by atoms with E-state index in [1.165, 1.54) is 52.3 Å². The van der Waals surface area contributed by atoms with Gasteiger partial charge in [-0.15, -0.1) is 11.8 Å². The van der Waals surface area contributed by atoms with Crippen molar-refractivity contribution >= 4 is 118 Å². The molecule has 39 heteroatoms. The number of H-pyrrole nitrogens is 1. The minimum atomic E-state index is -1.85. The standard InChI is InChI=1S/C91H118F3N15O20S/c1-10-12-27-71(90(128)109-46-61(113)43-73(109)85(123)98-58(47-110)42-78(117)118)105(7)89(127)74(40-54-23-17-14-18-24-54)107(9)87(125)70(38-56-35-63(92)79(94)64(93)36-56)100-76(114)50-130-49-59(48-111)99-81(119)67(34-51(3)4)102-82(120)68(37-55-28-30-60(112)31-29-55)103-83(121)69(41-57-45-97-65-26-20-19-25-62(57)65)104-86(124)75(44-95)108(11-2)88(126)66(32-33-77(115)116)101-84(122)72(39-53-21-15-13-16-22-53)106(8)91(129)80(96)52(5)6/h13-26,28-31,35-36,45,47-48,51-52,58-59,61,66-75,80,97,112-113H,10-12,27,32-34,37-44,46,49-50,95-96H2,1-9H3,(H,98,123)(H,99,119)(H,100,114)(H,101,122)(H,102,120)(H,103,121)(H,104,124)(H,115,116)(H,117,118)/t58-,59+,61+,66-,67-,68-,69-,70-,71-,72-,73+,74-,75+,80-/m0/s1. The van der Waals surface area contributed by atoms with Gasteiger partial charge in [-0.3, -0.25) is 67.1 Å². The number of nitrogens with zero attached hydrogens (tertiary/aromatic N) is 5. The Labute approximate surface area is 755 Å². The largest absolute Gasteiger partial charge is 0.508 e. The number of phenols is 1. The highest BCUT2D eigenvalue weighted by Crippen LogP contribution is 2.28. The van der Waals surface area contributed by atoms with Crippen molar-refractivity contribution < 1.29 is 110 Å². The highest BCUT2D eigenvalue weighted by molar-refractivity contribution is 8.00. The van der Waals surface area contributed by atoms with Gasteiger partial charge in [-0.25, -0.2) is 13.2 Å². The van der Waals surface area contributed by atoms with E-state index in [-0.39, 0.29) is 86.7 Å². The van der Waals surface area contributed by atoms with E-state index in [9.17, 15) is 72.8 Å². The van der Waals surface area contributed by atoms with E-state index in [0.29, 0.717) is 64.4 Å². The molecule has 6 aromatic rings. The molecule has 0 unspecified atom stereocenters. The van der Waals surface area contributed by atoms with Crippen LogP contribution in [0.2, 0.25) is 0 Å². The molecule has 35 nitrogen and oxygen atoms in total. The number of likely N-dealkylation sites (N-methyl/N-ethyl adjacent to an activating group) is 4. The van der Waals surface area contributed by atoms with Crippen molar-refractivity contribution in [1.29, 1.82) is 0 Å². The predicted octanol–water partition coefficient (Wildman–Crippen LogP) is 2.51. The van der Waals surface area contributed by atoms with Gasteiger partial charge in [0.2, 0.25) is 70.9 Å². The molecule has 0 bridgehead atoms. The van der Waals surface area contributed by atoms with Crippen LogP contribution in [0.3, 0.4) is 0 Å². The number of aromatic nitrogens is 1. The lowest BCUT2D eigenvalue weighted by Gasteiger charge is -2.37. The molecule has 1 aliphatic heterocycles. The number of nitrogens with two attached hydrogens (primary N) is 2. The number of aromatic amines is 1. The molecule has 0 radical (unpaired) electrons. The molecule has 2 heterocycles. The normalized spacial score (nSPS) is 15.8. The van der Waals surface area contributed by atoms with Crippen LogP contribution >= 0.6 is 11.8 Å². The number of phenolic OH excluding ortho intramolecular Hbond substituents is 1. The number of aromatic hydroxyl groups is 1. The van der Waals surface area contributed by atoms with Crippen LogP contribution in [0.1, 0.15) is 121 Å². The first-order valence-corrected chi connectivity index (χ1v) is 44.0. The lowest BCUT2D eigenvalue weighted by atomic mass is 9.99. The zero-order valence-electron chi connectivity index (χ0n) is 74.0. The number of rotatable bonds is 51. The first-order chi connectivity index (χ1) is 61.7. The summed E-state index contributed by atoms with van der Waals surface area (Å²) in [6, 6.07) is 11.1. The monoisotopic (exact) mass is 1830 g/mol. The molecule has 0 spiro atoms. The van der Waals surface area contributed by atoms with E-state index in [2.05, 4.69) is 42.2 Å². The molecule has 5 aromatic carbocycles. The van der Waals surface area contributed by atoms with E-state index in [1.807, 2.05) is 0 Å². The van der Waals surface area contributed by atoms with Crippen LogP contribution in [0, 0.1) is 29.3 Å². The first-order valence-electron chi connectivity index (χ1n) is 42.9. The quantitative estimate of drug-likeness (QED) is 0.0193. The number of aliphatic hydroxyl groups excluding tert-OH is 1. The number of hydrogen-bond donors (Lipinski definition) is 14. The van der Waals surface area contributed by atoms with Gasteiger partial charge < -0.3 is 108 Å². The third-order valence-electron chi connectivity index (χ3n) is 22.5. The number of unbranched alkanes of at least 4 members (excludes halogenated alkanes) is 1. The van der Waals surface area contributed by atoms with Gasteiger partial charge >= 0.3 is 11.9 Å². The Balaban J connectivity index is 1.12. The zero-order valence-corrected chi connectivity index (χ0v) is 74.8. The number of fused-ring (bicyclic) bond motifs is 1. The summed E-state index contributed by atoms with van der Waals surface area (Å²) >= 11 is 0.749. The second kappa shape index (κ2) is 50.4. The molecule has 7 rings (SSSR count). The number of carboxylic acid groups (broad SMARTS) is 2. The maximum atomic E-state index is 15.3. The molecule has 12 amide bonds. The SMILES string of the molecule is CCCC[C@@H](C(=O)N1C[C@H](O)C[C@@H]1C(=O)N[C@H](C=O)CC(=O)O)N(C)C(=O)[C@H](Cc1ccccc1)N(C)C(=O)[C@H](Cc1cc(F)c(F)c(F)c1)NC(=O)CSC[C@@H](C=O)NC(=O)[C@H](CC(C)C)NC(=O)[C@H](Cc1ccc(O)cc1)NC(=O)[C@H](Cc1c[nH]c2ccccc12)NC(=O)[C@@H](CN)N(CC)C(=O)[C@H](CCC(=O)O)NC(=O)[C@H](Cc1ccccc1)N(C)C(=O)[C@@H](N)C(C)C. The van der Waals surface area contributed by atoms with E-state index < -0.39 is 229 Å². The molecule has 0 aliphatic carbocycles. The number of aliphatic hydroxyl groups is 1. The van der Waals surface area contributed by atoms with Crippen molar-refractivity contribution in [2.75, 3.05) is 52.3 Å². The average Bonchev–Trinajstić information content (AvgIpc) is 1.51. The minimum absolute atomic E-state index is 0.0278. The van der Waals surface area contributed by atoms with Crippen molar-refractivity contribution in [1.82, 2.24) is 66.7 Å². The second-order valence-electron chi connectivity index (χ2n) is 33.0. The number of para-hydroxylation sites is 1. The molecule has 0 saturated carbocycles. The Bertz CT molecular complexity index is 4920. The molecule has 14 atom stereocenters. The summed E-state index contributed by atoms with van der Waals surface area (Å²) in [7, 11) is 3.85. The third-order valence-corrected chi connectivity index (χ3v) is 23.5. The van der Waals surface area contributed by atoms with Gasteiger partial charge in [0.1, 0.15) is 78.7 Å². The van der Waals surface area contributed by atoms with Gasteiger partial charge in [0, 0.05) is 109 Å². The maximum Gasteiger partial charge on any atom is 0.305 e. The van der Waals surface area contributed by atoms with Crippen LogP contribution in [0.15, 0.2) is 128 Å². The molecule has 1 saturated heterocycles. The lowest BCUT2D eigenvalue weighted by molar-refractivity contribution is -0.152. The number of carbonyl (C=O) groups excluding carboxylic acids is 14. The molecule has 1 aliphatic rings. The molecule has 704 valence electrons. The van der Waals surface area contributed by atoms with Crippen LogP contribution in [-0.4, -0.2) is 282 Å². The fraction of sp³-hybridized carbons (Fsp3) is 0.473. The number of thioether (sulfide) groups is 1. The van der Waals surface area contributed by atoms with E-state index in [1.54, 1.807) is 126 Å². The van der Waals surface area contributed by atoms with E-state index >= 15 is 37.5 Å². The average molecular weight is 1830 g/mol. The number of carbonyl (C=O) groups is 16. The Morgan fingerprint density at radius 1 is 0.569 bits per heavy atom. The van der Waals surface area contributed by atoms with Gasteiger partial charge in [0.25, 0.3) is 0 Å². The zero-order chi connectivity index (χ0) is 95.9. The summed E-state index contributed by atoms with van der Waals surface area (Å²) in [5.41, 5.74) is 14.9. The topological polar surface area (TPSA) is 522 Å². The summed E-state index contributed by atoms with van der Waals surface area (Å²) in [6.07, 6.45) is -2.42. The number of benzene rings is 5. The van der Waals surface area contributed by atoms with Crippen molar-refractivity contribution in [3.8, 4) is 5.75 Å². The number of halogens is 3. The van der Waals surface area contributed by atoms with E-state index in [0.717, 1.165) is 36.3 Å². The van der Waals surface area contributed by atoms with Crippen LogP contribution in [0.25, 0.3) is 10.9 Å². The van der Waals surface area contributed by atoms with Gasteiger partial charge in [0.15, 0.2) is 17.5 Å². The minimum Gasteiger partial charge on any atom is -0.508 e. The molecule has 16 N–H and O–H groups in total. The number of likely N-dealkylation sites (tertiary alicyclic amines) is 1. The predicted molar refractivity (Wildman–Crippen MR) is 474 cm³/mol. The number of carboxylic acids is 2. The smallest absolute Gasteiger partial charge is 0.305 e. The number of aliphatic carboxylic acids is 2. The molecule has 130 heavy (non-hydrogen) atoms. The summed E-state index contributed by atoms with van der Waals surface area (Å²) in [5.74, 6) is -20.7. The van der Waals surface area contributed by atoms with Gasteiger partial charge in [-0.1, -0.05) is 138 Å². The summed E-state index contributed by atoms with van der Waals surface area (Å²) < 4.78 is 44.6. The number of hydrogen-bond acceptors (Lipinski definition) is 21. The van der Waals surface area contributed by atoms with Crippen molar-refractivity contribution in [3.63, 3.8) is 0 Å². The number of aldehydes is 2. The highest BCUT2D eigenvalue weighted by atomic mass is 32.2. The van der Waals surface area contributed by atoms with Gasteiger partial charge in [-0.2, -0.15) is 0 Å². The third kappa shape index (κ3) is 30.0. The van der Waals surface area contributed by atoms with Crippen molar-refractivity contribution in [2.45, 2.75) is 210 Å². The summed E-state index contributed by atoms with van der Waals surface area (Å²) in [6.45, 7) is 8.88. The lowest BCUT2D eigenvalue weighted by Crippen LogP contribution is -2.62. The van der Waals surface area contributed by atoms with Crippen LogP contribution in [0.4, 0.5) is 13.2 Å². The molecule has 1 aromatic heterocycles. The van der Waals surface area contributed by atoms with Gasteiger partial charge in [-0.05, 0) is 96.2 Å². The Morgan fingerprint density at radius 2 is 1.10 bits per heavy atom. The summed E-state index contributed by atoms with van der Waals surface area (Å²) in [4.78, 5) is 234. The second-order valence-corrected chi connectivity index (χ2v) is 34.0. The summed E-state index contributed by atoms with van der Waals surface area (Å²) in [5, 5.41) is 59.3. The molecular weight excluding hydrogens is 1710 g/mol. The van der Waals surface area contributed by atoms with Crippen molar-refractivity contribution in [2.24, 2.45) is 23.3 Å². The molecular formula is C91H118F3N15O20S. The van der Waals surface area contributed by atoms with Crippen LogP contribution in [-0.2, 0) is 109 Å². The number of β-amino-alcohol motifs (C(OH)–C–C–N with tert-alkyl or cyclic N) is 1. The Hall–Kier alpha value is -12.6. The Morgan fingerprint density at radius 3 is 1.67 bits per heavy atom. The number of nitrogens with one attached hydrogen (secondary N) is 8. The fourth-order valence-corrected chi connectivity index (χ4v) is 16.0. The number of amides is 12. The van der Waals surface area contributed by atoms with Gasteiger partial charge in [0.05, 0.1) is 36.4 Å². The van der Waals surface area contributed by atoms with Crippen LogP contribution in [0.5, 0.6) is 5.75 Å². The maximum absolute atomic E-state index is 15.3. The van der Waals surface area contributed by atoms with Crippen molar-refractivity contribution in [3.05, 3.63) is 173 Å². The van der Waals surface area contributed by atoms with E-state index in [4.69, 9.17) is 11.5 Å². The first kappa shape index (κ1) is 104.